The van der Waals surface area contributed by atoms with Crippen LogP contribution >= 0.6 is 0 Å². The van der Waals surface area contributed by atoms with E-state index in [4.69, 9.17) is 51.7 Å². The predicted molar refractivity (Wildman–Crippen MR) is 347 cm³/mol. The van der Waals surface area contributed by atoms with Gasteiger partial charge in [0.05, 0.1) is 75.1 Å². The summed E-state index contributed by atoms with van der Waals surface area (Å²) in [5.74, 6) is -4.35. The van der Waals surface area contributed by atoms with Gasteiger partial charge in [-0.15, -0.1) is 0 Å². The highest BCUT2D eigenvalue weighted by Gasteiger charge is 2.56. The smallest absolute Gasteiger partial charge is 0.397 e. The summed E-state index contributed by atoms with van der Waals surface area (Å²) in [6.07, 6.45) is -4.85. The lowest BCUT2D eigenvalue weighted by Crippen LogP contribution is -2.60. The molecule has 7 aliphatic rings. The average molecular weight is 1480 g/mol. The van der Waals surface area contributed by atoms with Crippen LogP contribution < -0.4 is 0 Å². The largest absolute Gasteiger partial charge is 0.465 e. The zero-order valence-corrected chi connectivity index (χ0v) is 59.5. The van der Waals surface area contributed by atoms with Gasteiger partial charge in [-0.2, -0.15) is 25.3 Å². The van der Waals surface area contributed by atoms with Crippen LogP contribution in [0.15, 0.2) is 59.8 Å². The first-order valence-corrected chi connectivity index (χ1v) is 38.0. The maximum Gasteiger partial charge on any atom is 0.397 e. The van der Waals surface area contributed by atoms with Gasteiger partial charge in [0.25, 0.3) is 0 Å². The van der Waals surface area contributed by atoms with Crippen LogP contribution in [0, 0.1) is 23.7 Å². The number of fused-ring (bicyclic) bond motifs is 1. The molecule has 3 spiro atoms. The number of carbonyl (C=O) groups excluding carboxylic acids is 2. The lowest BCUT2D eigenvalue weighted by atomic mass is 9.78. The first kappa shape index (κ1) is 82.9. The Labute approximate surface area is 579 Å². The number of hydrogen-bond donors (Lipinski definition) is 11. The molecule has 6 saturated heterocycles. The van der Waals surface area contributed by atoms with Gasteiger partial charge in [0.1, 0.15) is 55.4 Å². The summed E-state index contributed by atoms with van der Waals surface area (Å²) in [7, 11) is -16.3. The van der Waals surface area contributed by atoms with Gasteiger partial charge in [-0.05, 0) is 127 Å². The molecule has 11 N–H and O–H groups in total. The molecule has 0 bridgehead atoms. The van der Waals surface area contributed by atoms with Crippen LogP contribution in [0.1, 0.15) is 164 Å². The maximum atomic E-state index is 13.4. The van der Waals surface area contributed by atoms with E-state index in [1.54, 1.807) is 19.1 Å². The van der Waals surface area contributed by atoms with Gasteiger partial charge in [-0.3, -0.25) is 18.5 Å². The van der Waals surface area contributed by atoms with Crippen LogP contribution in [0.3, 0.4) is 0 Å². The fourth-order valence-electron chi connectivity index (χ4n) is 14.3. The van der Waals surface area contributed by atoms with Crippen LogP contribution in [0.4, 0.5) is 0 Å². The molecule has 0 saturated carbocycles. The molecule has 34 heteroatoms. The molecule has 0 aliphatic carbocycles. The lowest BCUT2D eigenvalue weighted by molar-refractivity contribution is -0.334. The van der Waals surface area contributed by atoms with Crippen LogP contribution in [0.2, 0.25) is 0 Å². The van der Waals surface area contributed by atoms with Crippen molar-refractivity contribution < 1.29 is 145 Å². The number of aliphatic hydroxyl groups excluding tert-OH is 7. The molecule has 568 valence electrons. The number of esters is 2. The minimum Gasteiger partial charge on any atom is -0.465 e. The maximum absolute atomic E-state index is 13.4. The molecule has 24 unspecified atom stereocenters. The summed E-state index contributed by atoms with van der Waals surface area (Å²) in [5, 5.41) is 88.3. The van der Waals surface area contributed by atoms with E-state index in [2.05, 4.69) is 39.9 Å². The summed E-state index contributed by atoms with van der Waals surface area (Å²) >= 11 is 0. The molecule has 7 heterocycles. The third kappa shape index (κ3) is 23.6. The Morgan fingerprint density at radius 2 is 1.53 bits per heavy atom. The molecule has 0 aromatic rings. The van der Waals surface area contributed by atoms with Crippen molar-refractivity contribution in [2.75, 3.05) is 26.4 Å². The fourth-order valence-corrected chi connectivity index (χ4v) is 15.7. The highest BCUT2D eigenvalue weighted by atomic mass is 32.3. The highest BCUT2D eigenvalue weighted by molar-refractivity contribution is 7.81. The SMILES string of the molecule is C=C1C(O)C2OC3(CCC(C=CC(C)C4CC(C)=CC5(OC(CC(C)(O)C(=O)OCC(C)=CCCOC(=O)CC=CCCC(O)C(O)C(CC(O)C(OS(=O)(=O)O)C(O)COS(=O)(=O)O)OS(=O)(=O)O)CCC5O)O4)O3)CCC2OC1C(O)CC(C)C1OC2(CCC1C)OCCCC2C. The number of carbonyl (C=O) groups is 2. The Balaban J connectivity index is 0.805. The van der Waals surface area contributed by atoms with E-state index in [0.29, 0.717) is 62.7 Å². The Morgan fingerprint density at radius 3 is 2.21 bits per heavy atom. The van der Waals surface area contributed by atoms with E-state index in [9.17, 15) is 80.2 Å². The quantitative estimate of drug-likeness (QED) is 0.0194. The monoisotopic (exact) mass is 1480 g/mol. The van der Waals surface area contributed by atoms with Gasteiger partial charge in [0.15, 0.2) is 17.2 Å². The molecular weight excluding hydrogens is 1370 g/mol. The second-order valence-electron chi connectivity index (χ2n) is 28.1. The second-order valence-corrected chi connectivity index (χ2v) is 31.3. The van der Waals surface area contributed by atoms with Gasteiger partial charge in [-0.25, -0.2) is 17.3 Å². The predicted octanol–water partition coefficient (Wildman–Crippen LogP) is 3.55. The van der Waals surface area contributed by atoms with Crippen LogP contribution in [0.5, 0.6) is 0 Å². The molecule has 6 fully saturated rings. The van der Waals surface area contributed by atoms with E-state index in [-0.39, 0.29) is 87.6 Å². The van der Waals surface area contributed by atoms with Gasteiger partial charge < -0.3 is 83.5 Å². The van der Waals surface area contributed by atoms with E-state index >= 15 is 0 Å². The van der Waals surface area contributed by atoms with Crippen LogP contribution in [0.25, 0.3) is 0 Å². The molecule has 7 aliphatic heterocycles. The Bertz CT molecular complexity index is 3180. The Hall–Kier alpha value is -3.35. The fraction of sp³-hybridized carbons (Fsp3) is 0.815. The van der Waals surface area contributed by atoms with Crippen molar-refractivity contribution in [3.63, 3.8) is 0 Å². The van der Waals surface area contributed by atoms with Crippen molar-refractivity contribution in [1.29, 1.82) is 0 Å². The van der Waals surface area contributed by atoms with E-state index in [1.807, 2.05) is 26.0 Å². The normalized spacial score (nSPS) is 34.6. The zero-order chi connectivity index (χ0) is 73.2. The highest BCUT2D eigenvalue weighted by Crippen LogP contribution is 2.49. The van der Waals surface area contributed by atoms with Crippen LogP contribution in [-0.4, -0.2) is 239 Å². The van der Waals surface area contributed by atoms with E-state index in [1.165, 1.54) is 19.1 Å². The van der Waals surface area contributed by atoms with Gasteiger partial charge in [0, 0.05) is 43.9 Å². The molecule has 31 nitrogen and oxygen atoms in total. The molecule has 7 rings (SSSR count). The molecule has 0 aromatic heterocycles. The first-order chi connectivity index (χ1) is 46.1. The third-order valence-corrected chi connectivity index (χ3v) is 21.1. The van der Waals surface area contributed by atoms with Gasteiger partial charge in [-0.1, -0.05) is 70.2 Å². The van der Waals surface area contributed by atoms with Crippen molar-refractivity contribution in [3.8, 4) is 0 Å². The van der Waals surface area contributed by atoms with Crippen molar-refractivity contribution in [2.24, 2.45) is 23.7 Å². The van der Waals surface area contributed by atoms with Crippen molar-refractivity contribution >= 4 is 43.1 Å². The number of ether oxygens (including phenoxy) is 9. The zero-order valence-electron chi connectivity index (χ0n) is 57.1. The van der Waals surface area contributed by atoms with Crippen molar-refractivity contribution in [1.82, 2.24) is 0 Å². The van der Waals surface area contributed by atoms with Crippen molar-refractivity contribution in [3.05, 3.63) is 59.8 Å². The minimum atomic E-state index is -5.54. The summed E-state index contributed by atoms with van der Waals surface area (Å²) in [6.45, 7) is 16.5. The molecule has 0 aromatic carbocycles. The number of rotatable bonds is 33. The third-order valence-electron chi connectivity index (χ3n) is 19.8. The summed E-state index contributed by atoms with van der Waals surface area (Å²) in [5.41, 5.74) is -0.166. The Morgan fingerprint density at radius 1 is 0.818 bits per heavy atom. The molecule has 0 radical (unpaired) electrons. The second kappa shape index (κ2) is 35.2. The number of aliphatic hydroxyl groups is 8. The first-order valence-electron chi connectivity index (χ1n) is 33.9. The molecule has 99 heavy (non-hydrogen) atoms. The van der Waals surface area contributed by atoms with E-state index in [0.717, 1.165) is 31.3 Å². The number of hydrogen-bond acceptors (Lipinski definition) is 28. The summed E-state index contributed by atoms with van der Waals surface area (Å²) in [4.78, 5) is 25.8. The average Bonchev–Trinajstić information content (AvgIpc) is 1.73. The molecular formula is C65H104O31S3. The van der Waals surface area contributed by atoms with E-state index < -0.39 is 165 Å². The van der Waals surface area contributed by atoms with Gasteiger partial charge >= 0.3 is 43.1 Å². The van der Waals surface area contributed by atoms with Crippen LogP contribution in [-0.2, 0) is 96.0 Å². The number of allylic oxidation sites excluding steroid dienone is 1. The Kier molecular flexibility index (Phi) is 29.5. The topological polar surface area (TPSA) is 470 Å². The van der Waals surface area contributed by atoms with Crippen molar-refractivity contribution in [2.45, 2.75) is 285 Å². The molecule has 24 atom stereocenters. The lowest BCUT2D eigenvalue weighted by Gasteiger charge is -2.51. The summed E-state index contributed by atoms with van der Waals surface area (Å²) < 4.78 is 164. The molecule has 0 amide bonds. The summed E-state index contributed by atoms with van der Waals surface area (Å²) in [6, 6.07) is 0. The standard InChI is InChI=1S/C65H104O31S3/c1-37(14-12-28-85-54(71)17-11-9-10-16-46(66)56(73)52(95-98(79,80)81)32-48(68)59(96-99(82,83)84)49(69)36-88-97(76,77)78)35-86-61(74)62(8,75)34-45-20-21-53(70)65(91-45)33-38(2)30-51(92-65)39(3)18-19-44-23-25-63(90-44)26-24-50-60(93-63)55(72)43(7)58(89-50)47(67)31-41(5)57-40(4)22-27-64(94-57)42(6)15-13-29-87-64/h9,11,14,18-19,33,39-42,44-53,55-60,66-70,72-73,75H,7,10,12-13,15-17,20-32,34-36H2,1-6,8H3,(H,76,77,78)(H,79,80,81)(H,82,83,84). The van der Waals surface area contributed by atoms with Gasteiger partial charge in [0.2, 0.25) is 5.79 Å². The minimum absolute atomic E-state index is 0.0111.